The second-order valence-corrected chi connectivity index (χ2v) is 8.15. The Bertz CT molecular complexity index is 809. The topological polar surface area (TPSA) is 56.8 Å². The van der Waals surface area contributed by atoms with E-state index in [1.807, 2.05) is 51.1 Å². The van der Waals surface area contributed by atoms with Crippen molar-refractivity contribution >= 4 is 5.91 Å². The van der Waals surface area contributed by atoms with E-state index in [1.165, 1.54) is 5.56 Å². The Labute approximate surface area is 180 Å². The summed E-state index contributed by atoms with van der Waals surface area (Å²) >= 11 is 0. The van der Waals surface area contributed by atoms with Crippen molar-refractivity contribution in [3.63, 3.8) is 0 Å². The van der Waals surface area contributed by atoms with Gasteiger partial charge < -0.3 is 19.5 Å². The fourth-order valence-corrected chi connectivity index (χ4v) is 3.03. The molecule has 0 aliphatic heterocycles. The van der Waals surface area contributed by atoms with Gasteiger partial charge in [-0.15, -0.1) is 0 Å². The van der Waals surface area contributed by atoms with Gasteiger partial charge in [0, 0.05) is 6.54 Å². The highest BCUT2D eigenvalue weighted by Gasteiger charge is 2.19. The zero-order chi connectivity index (χ0) is 22.1. The predicted octanol–water partition coefficient (Wildman–Crippen LogP) is 5.26. The maximum absolute atomic E-state index is 12.7. The number of carbonyl (C=O) groups is 1. The minimum Gasteiger partial charge on any atom is -0.490 e. The molecule has 0 aromatic heterocycles. The molecule has 1 N–H and O–H groups in total. The lowest BCUT2D eigenvalue weighted by atomic mass is 9.87. The van der Waals surface area contributed by atoms with Crippen molar-refractivity contribution < 1.29 is 19.0 Å². The van der Waals surface area contributed by atoms with Crippen molar-refractivity contribution in [3.05, 3.63) is 53.6 Å². The molecule has 0 saturated heterocycles. The van der Waals surface area contributed by atoms with E-state index >= 15 is 0 Å². The Morgan fingerprint density at radius 3 is 2.13 bits per heavy atom. The van der Waals surface area contributed by atoms with Crippen molar-refractivity contribution in [2.75, 3.05) is 13.2 Å². The van der Waals surface area contributed by atoms with Gasteiger partial charge in [-0.2, -0.15) is 0 Å². The first-order valence-electron chi connectivity index (χ1n) is 10.7. The van der Waals surface area contributed by atoms with Crippen LogP contribution in [0, 0.1) is 0 Å². The number of nitrogens with one attached hydrogen (secondary N) is 1. The highest BCUT2D eigenvalue weighted by atomic mass is 16.5. The molecular weight excluding hydrogens is 378 g/mol. The van der Waals surface area contributed by atoms with Gasteiger partial charge in [-0.1, -0.05) is 45.9 Å². The number of rotatable bonds is 10. The molecule has 0 saturated carbocycles. The molecule has 0 spiro atoms. The minimum absolute atomic E-state index is 0.0815. The van der Waals surface area contributed by atoms with Crippen LogP contribution in [0.3, 0.4) is 0 Å². The molecule has 0 aliphatic carbocycles. The van der Waals surface area contributed by atoms with Gasteiger partial charge in [0.2, 0.25) is 0 Å². The Kier molecular flexibility index (Phi) is 8.58. The first-order valence-corrected chi connectivity index (χ1v) is 10.7. The minimum atomic E-state index is -0.542. The maximum atomic E-state index is 12.7. The number of amides is 1. The monoisotopic (exact) mass is 413 g/mol. The predicted molar refractivity (Wildman–Crippen MR) is 120 cm³/mol. The average molecular weight is 414 g/mol. The molecule has 2 rings (SSSR count). The molecule has 1 unspecified atom stereocenters. The van der Waals surface area contributed by atoms with Crippen LogP contribution in [0.2, 0.25) is 0 Å². The van der Waals surface area contributed by atoms with Crippen LogP contribution in [-0.2, 0) is 16.8 Å². The Balaban J connectivity index is 1.99. The van der Waals surface area contributed by atoms with E-state index in [9.17, 15) is 4.79 Å². The van der Waals surface area contributed by atoms with Crippen LogP contribution >= 0.6 is 0 Å². The van der Waals surface area contributed by atoms with Crippen LogP contribution in [0.5, 0.6) is 17.2 Å². The van der Waals surface area contributed by atoms with Crippen molar-refractivity contribution in [2.45, 2.75) is 66.0 Å². The molecule has 164 valence electrons. The normalized spacial score (nSPS) is 12.2. The van der Waals surface area contributed by atoms with Crippen molar-refractivity contribution in [1.82, 2.24) is 5.32 Å². The molecule has 0 aliphatic rings. The van der Waals surface area contributed by atoms with Gasteiger partial charge in [0.05, 0.1) is 13.2 Å². The number of hydrogen-bond acceptors (Lipinski definition) is 4. The first-order chi connectivity index (χ1) is 14.3. The van der Waals surface area contributed by atoms with E-state index < -0.39 is 6.10 Å². The number of ether oxygens (including phenoxy) is 3. The molecule has 0 fully saturated rings. The molecule has 0 heterocycles. The SMILES string of the molecule is CCOc1ccc(CNC(=O)C(CC)Oc2ccc(C(C)(C)C)cc2)cc1OCC. The fraction of sp³-hybridized carbons (Fsp3) is 0.480. The lowest BCUT2D eigenvalue weighted by Gasteiger charge is -2.21. The van der Waals surface area contributed by atoms with Gasteiger partial charge in [-0.05, 0) is 61.1 Å². The van der Waals surface area contributed by atoms with Crippen molar-refractivity contribution in [2.24, 2.45) is 0 Å². The molecule has 5 nitrogen and oxygen atoms in total. The maximum Gasteiger partial charge on any atom is 0.261 e. The molecule has 2 aromatic rings. The summed E-state index contributed by atoms with van der Waals surface area (Å²) in [4.78, 5) is 12.7. The van der Waals surface area contributed by atoms with E-state index in [0.717, 1.165) is 5.56 Å². The Hall–Kier alpha value is -2.69. The van der Waals surface area contributed by atoms with E-state index in [2.05, 4.69) is 38.2 Å². The Morgan fingerprint density at radius 2 is 1.57 bits per heavy atom. The number of benzene rings is 2. The summed E-state index contributed by atoms with van der Waals surface area (Å²) in [6.45, 7) is 13.8. The fourth-order valence-electron chi connectivity index (χ4n) is 3.03. The van der Waals surface area contributed by atoms with Gasteiger partial charge >= 0.3 is 0 Å². The van der Waals surface area contributed by atoms with Gasteiger partial charge in [0.25, 0.3) is 5.91 Å². The van der Waals surface area contributed by atoms with E-state index in [4.69, 9.17) is 14.2 Å². The largest absolute Gasteiger partial charge is 0.490 e. The zero-order valence-corrected chi connectivity index (χ0v) is 19.1. The molecule has 5 heteroatoms. The third kappa shape index (κ3) is 6.68. The lowest BCUT2D eigenvalue weighted by Crippen LogP contribution is -2.37. The highest BCUT2D eigenvalue weighted by Crippen LogP contribution is 2.28. The summed E-state index contributed by atoms with van der Waals surface area (Å²) in [5.74, 6) is 1.96. The van der Waals surface area contributed by atoms with Crippen LogP contribution in [0.25, 0.3) is 0 Å². The smallest absolute Gasteiger partial charge is 0.261 e. The second kappa shape index (κ2) is 10.9. The van der Waals surface area contributed by atoms with Gasteiger partial charge in [-0.25, -0.2) is 0 Å². The number of hydrogen-bond donors (Lipinski definition) is 1. The van der Waals surface area contributed by atoms with Crippen LogP contribution in [0.4, 0.5) is 0 Å². The van der Waals surface area contributed by atoms with Gasteiger partial charge in [-0.3, -0.25) is 4.79 Å². The molecule has 2 aromatic carbocycles. The first kappa shape index (κ1) is 23.6. The summed E-state index contributed by atoms with van der Waals surface area (Å²) < 4.78 is 17.2. The molecule has 30 heavy (non-hydrogen) atoms. The summed E-state index contributed by atoms with van der Waals surface area (Å²) in [7, 11) is 0. The molecular formula is C25H35NO4. The zero-order valence-electron chi connectivity index (χ0n) is 19.1. The average Bonchev–Trinajstić information content (AvgIpc) is 2.72. The third-order valence-electron chi connectivity index (χ3n) is 4.74. The molecule has 0 bridgehead atoms. The van der Waals surface area contributed by atoms with E-state index in [1.54, 1.807) is 0 Å². The van der Waals surface area contributed by atoms with Crippen LogP contribution in [-0.4, -0.2) is 25.2 Å². The Morgan fingerprint density at radius 1 is 0.933 bits per heavy atom. The van der Waals surface area contributed by atoms with Crippen LogP contribution in [0.1, 0.15) is 59.1 Å². The van der Waals surface area contributed by atoms with Crippen LogP contribution in [0.15, 0.2) is 42.5 Å². The van der Waals surface area contributed by atoms with Crippen molar-refractivity contribution in [3.8, 4) is 17.2 Å². The summed E-state index contributed by atoms with van der Waals surface area (Å²) in [5, 5.41) is 2.97. The van der Waals surface area contributed by atoms with Gasteiger partial charge in [0.15, 0.2) is 17.6 Å². The molecule has 1 amide bonds. The summed E-state index contributed by atoms with van der Waals surface area (Å²) in [5.41, 5.74) is 2.26. The van der Waals surface area contributed by atoms with Gasteiger partial charge in [0.1, 0.15) is 5.75 Å². The molecule has 0 radical (unpaired) electrons. The quantitative estimate of drug-likeness (QED) is 0.578. The second-order valence-electron chi connectivity index (χ2n) is 8.15. The van der Waals surface area contributed by atoms with E-state index in [0.29, 0.717) is 43.4 Å². The number of carbonyl (C=O) groups excluding carboxylic acids is 1. The lowest BCUT2D eigenvalue weighted by molar-refractivity contribution is -0.128. The summed E-state index contributed by atoms with van der Waals surface area (Å²) in [6, 6.07) is 13.7. The van der Waals surface area contributed by atoms with Crippen molar-refractivity contribution in [1.29, 1.82) is 0 Å². The third-order valence-corrected chi connectivity index (χ3v) is 4.74. The van der Waals surface area contributed by atoms with E-state index in [-0.39, 0.29) is 11.3 Å². The summed E-state index contributed by atoms with van der Waals surface area (Å²) in [6.07, 6.45) is 0.0416. The molecule has 1 atom stereocenters. The van der Waals surface area contributed by atoms with Crippen LogP contribution < -0.4 is 19.5 Å². The standard InChI is InChI=1S/C25H35NO4/c1-7-21(30-20-13-11-19(12-14-20)25(4,5)6)24(27)26-17-18-10-15-22(28-8-2)23(16-18)29-9-3/h10-16,21H,7-9,17H2,1-6H3,(H,26,27). The highest BCUT2D eigenvalue weighted by molar-refractivity contribution is 5.81.